The Balaban J connectivity index is 5.57. The average molecular weight is 1600 g/mol. The number of rotatable bonds is 77. The molecule has 0 aromatic carbocycles. The van der Waals surface area contributed by atoms with E-state index in [1.54, 1.807) is 0 Å². The van der Waals surface area contributed by atoms with Gasteiger partial charge in [-0.25, -0.2) is 9.13 Å². The van der Waals surface area contributed by atoms with Crippen LogP contribution in [-0.4, -0.2) is 96.7 Å². The molecule has 0 aliphatic carbocycles. The molecular weight excluding hydrogens is 1450 g/mol. The number of carbonyl (C=O) groups is 4. The van der Waals surface area contributed by atoms with Crippen molar-refractivity contribution in [1.29, 1.82) is 0 Å². The van der Waals surface area contributed by atoms with Gasteiger partial charge in [0, 0.05) is 25.7 Å². The van der Waals surface area contributed by atoms with Crippen LogP contribution in [0.2, 0.25) is 0 Å². The summed E-state index contributed by atoms with van der Waals surface area (Å²) in [6, 6.07) is 0. The van der Waals surface area contributed by atoms with E-state index in [4.69, 9.17) is 37.0 Å². The van der Waals surface area contributed by atoms with Crippen molar-refractivity contribution >= 4 is 39.5 Å². The highest BCUT2D eigenvalue weighted by atomic mass is 31.2. The van der Waals surface area contributed by atoms with Gasteiger partial charge in [0.25, 0.3) is 0 Å². The Hall–Kier alpha value is -6.36. The molecule has 0 bridgehead atoms. The van der Waals surface area contributed by atoms with Crippen LogP contribution >= 0.6 is 15.6 Å². The van der Waals surface area contributed by atoms with E-state index in [9.17, 15) is 43.2 Å². The molecule has 0 aliphatic heterocycles. The van der Waals surface area contributed by atoms with Crippen molar-refractivity contribution in [1.82, 2.24) is 0 Å². The number of carbonyl (C=O) groups excluding carboxylic acids is 4. The molecule has 0 aliphatic rings. The van der Waals surface area contributed by atoms with Crippen LogP contribution in [0.4, 0.5) is 0 Å². The van der Waals surface area contributed by atoms with E-state index in [0.29, 0.717) is 38.5 Å². The Morgan fingerprint density at radius 2 is 0.482 bits per heavy atom. The van der Waals surface area contributed by atoms with Crippen molar-refractivity contribution in [3.05, 3.63) is 207 Å². The second kappa shape index (κ2) is 82.6. The van der Waals surface area contributed by atoms with Crippen molar-refractivity contribution in [2.24, 2.45) is 0 Å². The fourth-order valence-corrected chi connectivity index (χ4v) is 11.9. The van der Waals surface area contributed by atoms with Gasteiger partial charge in [0.1, 0.15) is 19.3 Å². The topological polar surface area (TPSA) is 237 Å². The maximum atomic E-state index is 13.1. The number of esters is 4. The molecular formula is C93H148O17P2. The van der Waals surface area contributed by atoms with Gasteiger partial charge in [0.05, 0.1) is 26.4 Å². The average Bonchev–Trinajstić information content (AvgIpc) is 0.898. The lowest BCUT2D eigenvalue weighted by Gasteiger charge is -2.21. The Morgan fingerprint density at radius 1 is 0.259 bits per heavy atom. The Labute approximate surface area is 678 Å². The summed E-state index contributed by atoms with van der Waals surface area (Å²) < 4.78 is 68.6. The minimum Gasteiger partial charge on any atom is -0.462 e. The van der Waals surface area contributed by atoms with Gasteiger partial charge in [-0.1, -0.05) is 305 Å². The fourth-order valence-electron chi connectivity index (χ4n) is 10.4. The van der Waals surface area contributed by atoms with Gasteiger partial charge in [0.2, 0.25) is 0 Å². The third-order valence-corrected chi connectivity index (χ3v) is 18.6. The molecule has 0 rings (SSSR count). The normalized spacial score (nSPS) is 14.8. The number of ether oxygens (including phenoxy) is 4. The number of hydrogen-bond donors (Lipinski definition) is 3. The third-order valence-electron chi connectivity index (χ3n) is 16.7. The summed E-state index contributed by atoms with van der Waals surface area (Å²) >= 11 is 0. The molecule has 2 unspecified atom stereocenters. The Morgan fingerprint density at radius 3 is 0.821 bits per heavy atom. The quantitative estimate of drug-likeness (QED) is 0.0169. The minimum absolute atomic E-state index is 0.0258. The van der Waals surface area contributed by atoms with Crippen molar-refractivity contribution < 1.29 is 80.2 Å². The molecule has 0 aromatic rings. The monoisotopic (exact) mass is 1600 g/mol. The van der Waals surface area contributed by atoms with Crippen LogP contribution in [0.3, 0.4) is 0 Å². The number of unbranched alkanes of at least 4 members (excludes halogenated alkanes) is 17. The first-order valence-electron chi connectivity index (χ1n) is 42.3. The van der Waals surface area contributed by atoms with Gasteiger partial charge in [-0.2, -0.15) is 0 Å². The van der Waals surface area contributed by atoms with Gasteiger partial charge < -0.3 is 33.8 Å². The van der Waals surface area contributed by atoms with E-state index in [-0.39, 0.29) is 25.7 Å². The first-order chi connectivity index (χ1) is 54.7. The highest BCUT2D eigenvalue weighted by molar-refractivity contribution is 7.47. The Bertz CT molecular complexity index is 2940. The van der Waals surface area contributed by atoms with Gasteiger partial charge in [-0.3, -0.25) is 37.3 Å². The summed E-state index contributed by atoms with van der Waals surface area (Å²) in [5, 5.41) is 10.7. The number of hydrogen-bond acceptors (Lipinski definition) is 15. The summed E-state index contributed by atoms with van der Waals surface area (Å²) in [7, 11) is -10.0. The molecule has 17 nitrogen and oxygen atoms in total. The molecule has 632 valence electrons. The molecule has 0 amide bonds. The SMILES string of the molecule is CC/C=C\C/C=C\C/C=C\C/C=C\C/C=C\C/C=C\CCC(=O)OC[C@H](COP(=O)(O)OC[C@@H](O)COP(=O)(O)OC[C@@H](COC(=O)CCCCC/C=C\C/C=C\C/C=C\C/C=C\C/C=C\CC)OC(=O)CC/C=C\C/C=C\C/C=C\C/C=C\C/C=C\CCCCC)OC(=O)CCCCCCCCC/C=C\CCCCCC. The van der Waals surface area contributed by atoms with Crippen molar-refractivity contribution in [3.63, 3.8) is 0 Å². The van der Waals surface area contributed by atoms with Gasteiger partial charge in [0.15, 0.2) is 12.2 Å². The van der Waals surface area contributed by atoms with E-state index in [1.165, 1.54) is 44.9 Å². The van der Waals surface area contributed by atoms with Crippen molar-refractivity contribution in [3.8, 4) is 0 Å². The fraction of sp³-hybridized carbons (Fsp3) is 0.591. The molecule has 0 saturated heterocycles. The minimum atomic E-state index is -5.03. The van der Waals surface area contributed by atoms with Crippen LogP contribution < -0.4 is 0 Å². The number of aliphatic hydroxyl groups excluding tert-OH is 1. The lowest BCUT2D eigenvalue weighted by molar-refractivity contribution is -0.161. The van der Waals surface area contributed by atoms with Crippen LogP contribution in [-0.2, 0) is 65.4 Å². The molecule has 5 atom stereocenters. The predicted octanol–water partition coefficient (Wildman–Crippen LogP) is 25.4. The molecule has 112 heavy (non-hydrogen) atoms. The first-order valence-corrected chi connectivity index (χ1v) is 45.3. The summed E-state index contributed by atoms with van der Waals surface area (Å²) in [6.07, 6.45) is 104. The van der Waals surface area contributed by atoms with Crippen molar-refractivity contribution in [2.75, 3.05) is 39.6 Å². The lowest BCUT2D eigenvalue weighted by atomic mass is 10.1. The summed E-state index contributed by atoms with van der Waals surface area (Å²) in [5.74, 6) is -2.43. The summed E-state index contributed by atoms with van der Waals surface area (Å²) in [4.78, 5) is 73.2. The number of allylic oxidation sites excluding steroid dienone is 34. The lowest BCUT2D eigenvalue weighted by Crippen LogP contribution is -2.30. The largest absolute Gasteiger partial charge is 0.472 e. The van der Waals surface area contributed by atoms with E-state index in [0.717, 1.165) is 161 Å². The van der Waals surface area contributed by atoms with Gasteiger partial charge in [-0.05, 0) is 173 Å². The van der Waals surface area contributed by atoms with Crippen LogP contribution in [0.1, 0.15) is 297 Å². The highest BCUT2D eigenvalue weighted by Gasteiger charge is 2.30. The van der Waals surface area contributed by atoms with Crippen LogP contribution in [0.15, 0.2) is 207 Å². The van der Waals surface area contributed by atoms with E-state index in [2.05, 4.69) is 198 Å². The molecule has 19 heteroatoms. The highest BCUT2D eigenvalue weighted by Crippen LogP contribution is 2.45. The zero-order valence-electron chi connectivity index (χ0n) is 69.3. The zero-order chi connectivity index (χ0) is 81.7. The first kappa shape index (κ1) is 106. The second-order valence-corrected chi connectivity index (χ2v) is 30.2. The molecule has 0 fully saturated rings. The maximum Gasteiger partial charge on any atom is 0.472 e. The molecule has 0 aromatic heterocycles. The van der Waals surface area contributed by atoms with Crippen LogP contribution in [0.5, 0.6) is 0 Å². The second-order valence-electron chi connectivity index (χ2n) is 27.3. The number of phosphoric ester groups is 2. The van der Waals surface area contributed by atoms with E-state index < -0.39 is 97.5 Å². The Kier molecular flexibility index (Phi) is 77.9. The van der Waals surface area contributed by atoms with Gasteiger partial charge in [-0.15, -0.1) is 0 Å². The van der Waals surface area contributed by atoms with E-state index >= 15 is 0 Å². The van der Waals surface area contributed by atoms with Gasteiger partial charge >= 0.3 is 39.5 Å². The predicted molar refractivity (Wildman–Crippen MR) is 463 cm³/mol. The number of aliphatic hydroxyl groups is 1. The summed E-state index contributed by atoms with van der Waals surface area (Å²) in [5.41, 5.74) is 0. The zero-order valence-corrected chi connectivity index (χ0v) is 71.0. The standard InChI is InChI=1S/C93H148O17P2/c1-5-9-13-17-21-25-29-33-37-40-43-46-50-53-57-61-65-69-73-77-90(95)103-83-88(109-92(97)79-75-71-67-63-59-55-49-36-32-28-24-20-16-12-8-4)85-107-111(99,100)105-81-87(94)82-106-112(101,102)108-86-89(110-93(98)80-76-72-68-64-60-56-52-48-45-42-39-35-31-27-23-19-15-11-7-3)84-104-91(96)78-74-70-66-62-58-54-51-47-44-41-38-34-30-26-22-18-14-10-6-2/h9-10,13-14,21-23,25-28,32-35,37-39,43-48,53-54,56-58,60,65,68-69,72,87-89,94H,5-8,11-12,15-20,24,29-31,36,40-42,49-52,55,59,61-64,66-67,70-71,73-86H2,1-4H3,(H,99,100)(H,101,102)/b13-9-,14-10-,25-21-,26-22-,27-23-,32-28-,37-33-,38-34-,39-35-,46-43-,47-44-,48-45-,57-53-,58-54-,60-56-,69-65-,72-68-/t87-,88-,89-/m1/s1. The van der Waals surface area contributed by atoms with Crippen LogP contribution in [0.25, 0.3) is 0 Å². The van der Waals surface area contributed by atoms with Crippen molar-refractivity contribution in [2.45, 2.75) is 316 Å². The smallest absolute Gasteiger partial charge is 0.462 e. The summed E-state index contributed by atoms with van der Waals surface area (Å²) in [6.45, 7) is 4.38. The molecule has 3 N–H and O–H groups in total. The molecule has 0 heterocycles. The van der Waals surface area contributed by atoms with E-state index in [1.807, 2.05) is 36.5 Å². The van der Waals surface area contributed by atoms with Crippen LogP contribution in [0, 0.1) is 0 Å². The molecule has 0 radical (unpaired) electrons. The molecule has 0 saturated carbocycles. The maximum absolute atomic E-state index is 13.1. The molecule has 0 spiro atoms. The number of phosphoric acid groups is 2. The third kappa shape index (κ3) is 81.6.